The van der Waals surface area contributed by atoms with Crippen LogP contribution in [-0.2, 0) is 17.6 Å². The molecule has 1 aliphatic carbocycles. The fourth-order valence-corrected chi connectivity index (χ4v) is 4.89. The summed E-state index contributed by atoms with van der Waals surface area (Å²) in [7, 11) is 3.30. The minimum atomic E-state index is -0.502. The van der Waals surface area contributed by atoms with Crippen molar-refractivity contribution in [3.63, 3.8) is 0 Å². The molecule has 1 saturated heterocycles. The van der Waals surface area contributed by atoms with Gasteiger partial charge >= 0.3 is 6.09 Å². The predicted molar refractivity (Wildman–Crippen MR) is 126 cm³/mol. The first-order valence-electron chi connectivity index (χ1n) is 11.5. The molecule has 2 atom stereocenters. The van der Waals surface area contributed by atoms with Crippen LogP contribution in [0.3, 0.4) is 0 Å². The number of pyridine rings is 1. The molecule has 0 saturated carbocycles. The quantitative estimate of drug-likeness (QED) is 0.735. The average molecular weight is 442 g/mol. The molecule has 1 amide bonds. The van der Waals surface area contributed by atoms with E-state index in [1.165, 1.54) is 5.56 Å². The summed E-state index contributed by atoms with van der Waals surface area (Å²) in [5, 5.41) is 4.84. The Morgan fingerprint density at radius 3 is 2.53 bits per heavy atom. The van der Waals surface area contributed by atoms with E-state index in [-0.39, 0.29) is 12.1 Å². The van der Waals surface area contributed by atoms with E-state index in [1.807, 2.05) is 37.8 Å². The molecule has 1 aliphatic heterocycles. The third-order valence-electron chi connectivity index (χ3n) is 6.18. The first-order valence-corrected chi connectivity index (χ1v) is 11.5. The summed E-state index contributed by atoms with van der Waals surface area (Å²) in [4.78, 5) is 19.5. The number of amides is 1. The van der Waals surface area contributed by atoms with Gasteiger partial charge in [-0.1, -0.05) is 6.92 Å². The third kappa shape index (κ3) is 4.57. The number of benzene rings is 1. The van der Waals surface area contributed by atoms with Crippen molar-refractivity contribution in [2.45, 2.75) is 65.0 Å². The summed E-state index contributed by atoms with van der Waals surface area (Å²) >= 11 is 0. The molecular formula is C25H35N3O4. The highest BCUT2D eigenvalue weighted by molar-refractivity contribution is 5.96. The molecule has 174 valence electrons. The fraction of sp³-hybridized carbons (Fsp3) is 0.600. The van der Waals surface area contributed by atoms with Gasteiger partial charge in [-0.3, -0.25) is 4.98 Å². The molecular weight excluding hydrogens is 406 g/mol. The molecule has 1 aromatic carbocycles. The number of hydrogen-bond acceptors (Lipinski definition) is 6. The Morgan fingerprint density at radius 1 is 1.12 bits per heavy atom. The number of rotatable bonds is 4. The molecule has 4 rings (SSSR count). The largest absolute Gasteiger partial charge is 0.493 e. The van der Waals surface area contributed by atoms with E-state index in [0.29, 0.717) is 30.5 Å². The van der Waals surface area contributed by atoms with Gasteiger partial charge in [-0.25, -0.2) is 4.79 Å². The molecule has 1 N–H and O–H groups in total. The number of nitrogens with one attached hydrogen (secondary N) is 1. The molecule has 1 aromatic heterocycles. The second-order valence-corrected chi connectivity index (χ2v) is 10.1. The van der Waals surface area contributed by atoms with E-state index in [1.54, 1.807) is 14.2 Å². The summed E-state index contributed by atoms with van der Waals surface area (Å²) in [6.07, 6.45) is 3.84. The van der Waals surface area contributed by atoms with Crippen molar-refractivity contribution < 1.29 is 19.0 Å². The van der Waals surface area contributed by atoms with Crippen LogP contribution in [0.1, 0.15) is 51.8 Å². The number of nitrogens with zero attached hydrogens (tertiary/aromatic N) is 2. The number of ether oxygens (including phenoxy) is 3. The van der Waals surface area contributed by atoms with Crippen molar-refractivity contribution in [3.05, 3.63) is 23.4 Å². The highest BCUT2D eigenvalue weighted by Gasteiger charge is 2.32. The van der Waals surface area contributed by atoms with Gasteiger partial charge in [-0.15, -0.1) is 0 Å². The van der Waals surface area contributed by atoms with Crippen LogP contribution < -0.4 is 14.8 Å². The number of aromatic nitrogens is 1. The monoisotopic (exact) mass is 441 g/mol. The molecule has 2 aromatic rings. The van der Waals surface area contributed by atoms with Gasteiger partial charge in [0.05, 0.1) is 19.7 Å². The molecule has 0 bridgehead atoms. The zero-order chi connectivity index (χ0) is 23.0. The Kier molecular flexibility index (Phi) is 6.10. The topological polar surface area (TPSA) is 72.9 Å². The fourth-order valence-electron chi connectivity index (χ4n) is 4.89. The van der Waals surface area contributed by atoms with Crippen molar-refractivity contribution >= 4 is 22.7 Å². The lowest BCUT2D eigenvalue weighted by Gasteiger charge is -2.38. The second kappa shape index (κ2) is 8.68. The van der Waals surface area contributed by atoms with Crippen LogP contribution >= 0.6 is 0 Å². The zero-order valence-electron chi connectivity index (χ0n) is 20.1. The Balaban J connectivity index is 1.68. The number of carbonyl (C=O) groups excluding carboxylic acids is 1. The Bertz CT molecular complexity index is 1010. The average Bonchev–Trinajstić information content (AvgIpc) is 3.19. The van der Waals surface area contributed by atoms with E-state index < -0.39 is 5.60 Å². The number of likely N-dealkylation sites (tertiary alicyclic amines) is 1. The van der Waals surface area contributed by atoms with Gasteiger partial charge in [0.2, 0.25) is 0 Å². The van der Waals surface area contributed by atoms with Gasteiger partial charge in [0.15, 0.2) is 11.5 Å². The number of carbonyl (C=O) groups is 1. The molecule has 7 nitrogen and oxygen atoms in total. The summed E-state index contributed by atoms with van der Waals surface area (Å²) in [5.74, 6) is 1.75. The van der Waals surface area contributed by atoms with Crippen LogP contribution in [0.5, 0.6) is 11.5 Å². The number of fused-ring (bicyclic) bond motifs is 2. The maximum absolute atomic E-state index is 12.7. The number of hydrogen-bond donors (Lipinski definition) is 1. The normalized spacial score (nSPS) is 20.8. The van der Waals surface area contributed by atoms with Gasteiger partial charge in [0.1, 0.15) is 5.60 Å². The molecule has 0 radical (unpaired) electrons. The smallest absolute Gasteiger partial charge is 0.410 e. The minimum absolute atomic E-state index is 0.134. The van der Waals surface area contributed by atoms with E-state index in [2.05, 4.69) is 12.2 Å². The van der Waals surface area contributed by atoms with Crippen LogP contribution in [0, 0.1) is 5.92 Å². The van der Waals surface area contributed by atoms with Gasteiger partial charge in [-0.2, -0.15) is 0 Å². The summed E-state index contributed by atoms with van der Waals surface area (Å²) in [5.41, 5.74) is 3.95. The van der Waals surface area contributed by atoms with E-state index in [0.717, 1.165) is 48.0 Å². The predicted octanol–water partition coefficient (Wildman–Crippen LogP) is 4.80. The highest BCUT2D eigenvalue weighted by Crippen LogP contribution is 2.40. The van der Waals surface area contributed by atoms with Crippen LogP contribution in [0.4, 0.5) is 10.5 Å². The van der Waals surface area contributed by atoms with Crippen molar-refractivity contribution in [2.24, 2.45) is 5.92 Å². The van der Waals surface area contributed by atoms with Crippen LogP contribution in [0.25, 0.3) is 10.9 Å². The van der Waals surface area contributed by atoms with Crippen LogP contribution in [-0.4, -0.2) is 54.9 Å². The Labute approximate surface area is 190 Å². The lowest BCUT2D eigenvalue weighted by Crippen LogP contribution is -2.49. The summed E-state index contributed by atoms with van der Waals surface area (Å²) in [6, 6.07) is 4.10. The molecule has 32 heavy (non-hydrogen) atoms. The standard InChI is InChI=1S/C25H35N3O4/c1-15-10-16(14-28(13-15)24(29)32-25(2,3)4)26-23-17-8-7-9-19(17)27-20-12-22(31-6)21(30-5)11-18(20)23/h11-12,15-16H,7-10,13-14H2,1-6H3,(H,26,27)/t15-,16+/m1/s1. The number of piperidine rings is 1. The maximum Gasteiger partial charge on any atom is 0.410 e. The summed E-state index contributed by atoms with van der Waals surface area (Å²) < 4.78 is 16.7. The molecule has 7 heteroatoms. The highest BCUT2D eigenvalue weighted by atomic mass is 16.6. The SMILES string of the molecule is COc1cc2nc3c(c(N[C@H]4C[C@@H](C)CN(C(=O)OC(C)(C)C)C4)c2cc1OC)CCC3. The third-order valence-corrected chi connectivity index (χ3v) is 6.18. The lowest BCUT2D eigenvalue weighted by atomic mass is 9.95. The molecule has 1 fully saturated rings. The van der Waals surface area contributed by atoms with Crippen molar-refractivity contribution in [2.75, 3.05) is 32.6 Å². The lowest BCUT2D eigenvalue weighted by molar-refractivity contribution is 0.0162. The van der Waals surface area contributed by atoms with E-state index in [4.69, 9.17) is 19.2 Å². The summed E-state index contributed by atoms with van der Waals surface area (Å²) in [6.45, 7) is 9.23. The molecule has 2 heterocycles. The first kappa shape index (κ1) is 22.5. The second-order valence-electron chi connectivity index (χ2n) is 10.1. The minimum Gasteiger partial charge on any atom is -0.493 e. The number of aryl methyl sites for hydroxylation is 1. The van der Waals surface area contributed by atoms with Crippen molar-refractivity contribution in [1.82, 2.24) is 9.88 Å². The van der Waals surface area contributed by atoms with Gasteiger partial charge in [-0.05, 0) is 64.0 Å². The maximum atomic E-state index is 12.7. The molecule has 0 spiro atoms. The Morgan fingerprint density at radius 2 is 1.84 bits per heavy atom. The first-order chi connectivity index (χ1) is 15.2. The van der Waals surface area contributed by atoms with Crippen LogP contribution in [0.2, 0.25) is 0 Å². The molecule has 2 aliphatic rings. The number of anilines is 1. The van der Waals surface area contributed by atoms with E-state index >= 15 is 0 Å². The Hall–Kier alpha value is -2.70. The molecule has 0 unspecified atom stereocenters. The van der Waals surface area contributed by atoms with Gasteiger partial charge < -0.3 is 24.4 Å². The van der Waals surface area contributed by atoms with Crippen molar-refractivity contribution in [1.29, 1.82) is 0 Å². The van der Waals surface area contributed by atoms with Crippen molar-refractivity contribution in [3.8, 4) is 11.5 Å². The van der Waals surface area contributed by atoms with Crippen LogP contribution in [0.15, 0.2) is 12.1 Å². The van der Waals surface area contributed by atoms with E-state index in [9.17, 15) is 4.79 Å². The zero-order valence-corrected chi connectivity index (χ0v) is 20.1. The number of methoxy groups -OCH3 is 2. The van der Waals surface area contributed by atoms with Gasteiger partial charge in [0.25, 0.3) is 0 Å². The van der Waals surface area contributed by atoms with Gasteiger partial charge in [0, 0.05) is 42.0 Å².